The van der Waals surface area contributed by atoms with Crippen molar-refractivity contribution >= 4 is 23.5 Å². The molecule has 0 saturated carbocycles. The third-order valence-electron chi connectivity index (χ3n) is 2.90. The van der Waals surface area contributed by atoms with Crippen molar-refractivity contribution < 1.29 is 29.3 Å². The molecule has 0 radical (unpaired) electrons. The van der Waals surface area contributed by atoms with Crippen molar-refractivity contribution in [1.29, 1.82) is 0 Å². The van der Waals surface area contributed by atoms with Crippen LogP contribution in [-0.4, -0.2) is 53.8 Å². The highest BCUT2D eigenvalue weighted by atomic mass is 16.5. The highest BCUT2D eigenvalue weighted by Gasteiger charge is 2.26. The lowest BCUT2D eigenvalue weighted by Gasteiger charge is -2.29. The zero-order chi connectivity index (χ0) is 15.4. The molecular formula is C13H14N2O6. The van der Waals surface area contributed by atoms with E-state index in [2.05, 4.69) is 5.32 Å². The van der Waals surface area contributed by atoms with Crippen LogP contribution in [0.4, 0.5) is 5.69 Å². The molecule has 8 heteroatoms. The minimum Gasteiger partial charge on any atom is -0.480 e. The lowest BCUT2D eigenvalue weighted by Crippen LogP contribution is -2.49. The number of aliphatic carboxylic acids is 1. The van der Waals surface area contributed by atoms with Gasteiger partial charge in [0.25, 0.3) is 0 Å². The Kier molecular flexibility index (Phi) is 4.39. The number of benzene rings is 1. The smallest absolute Gasteiger partial charge is 0.331 e. The number of aliphatic hydroxyl groups excluding tert-OH is 1. The molecule has 1 aliphatic rings. The first-order valence-corrected chi connectivity index (χ1v) is 6.19. The number of nitrogens with zero attached hydrogens (tertiary/aromatic N) is 1. The maximum absolute atomic E-state index is 11.8. The second-order valence-corrected chi connectivity index (χ2v) is 4.44. The zero-order valence-electron chi connectivity index (χ0n) is 11.0. The standard InChI is InChI=1S/C13H14N2O6/c16-7-8(13(19)20)14-11(17)5-15-6-12(18)21-10-4-2-1-3-9(10)15/h1-4,8,16H,5-7H2,(H,14,17)(H,19,20). The number of hydrogen-bond acceptors (Lipinski definition) is 6. The lowest BCUT2D eigenvalue weighted by atomic mass is 10.2. The first-order valence-electron chi connectivity index (χ1n) is 6.19. The Labute approximate surface area is 119 Å². The maximum Gasteiger partial charge on any atom is 0.331 e. The minimum atomic E-state index is -1.37. The Morgan fingerprint density at radius 2 is 2.10 bits per heavy atom. The fraction of sp³-hybridized carbons (Fsp3) is 0.308. The number of nitrogens with one attached hydrogen (secondary N) is 1. The molecular weight excluding hydrogens is 280 g/mol. The summed E-state index contributed by atoms with van der Waals surface area (Å²) in [5, 5.41) is 19.8. The number of carboxylic acid groups (broad SMARTS) is 1. The number of fused-ring (bicyclic) bond motifs is 1. The van der Waals surface area contributed by atoms with Crippen LogP contribution in [0.15, 0.2) is 24.3 Å². The molecule has 1 aromatic carbocycles. The van der Waals surface area contributed by atoms with E-state index in [-0.39, 0.29) is 13.1 Å². The Hall–Kier alpha value is -2.61. The van der Waals surface area contributed by atoms with Gasteiger partial charge in [-0.15, -0.1) is 0 Å². The average molecular weight is 294 g/mol. The first-order chi connectivity index (χ1) is 10.0. The molecule has 1 amide bonds. The van der Waals surface area contributed by atoms with Crippen molar-refractivity contribution in [1.82, 2.24) is 5.32 Å². The number of aliphatic hydroxyl groups is 1. The number of amides is 1. The van der Waals surface area contributed by atoms with Crippen LogP contribution in [0.5, 0.6) is 5.75 Å². The summed E-state index contributed by atoms with van der Waals surface area (Å²) >= 11 is 0. The molecule has 0 bridgehead atoms. The second kappa shape index (κ2) is 6.23. The summed E-state index contributed by atoms with van der Waals surface area (Å²) in [6.07, 6.45) is 0. The summed E-state index contributed by atoms with van der Waals surface area (Å²) in [5.41, 5.74) is 0.572. The van der Waals surface area contributed by atoms with Gasteiger partial charge in [-0.05, 0) is 12.1 Å². The van der Waals surface area contributed by atoms with Crippen LogP contribution in [0.2, 0.25) is 0 Å². The number of ether oxygens (including phenoxy) is 1. The molecule has 1 unspecified atom stereocenters. The van der Waals surface area contributed by atoms with Gasteiger partial charge in [0, 0.05) is 0 Å². The van der Waals surface area contributed by atoms with E-state index in [1.54, 1.807) is 24.3 Å². The molecule has 0 aliphatic carbocycles. The zero-order valence-corrected chi connectivity index (χ0v) is 11.0. The number of esters is 1. The van der Waals surface area contributed by atoms with Gasteiger partial charge in [-0.25, -0.2) is 9.59 Å². The van der Waals surface area contributed by atoms with E-state index >= 15 is 0 Å². The van der Waals surface area contributed by atoms with Crippen molar-refractivity contribution in [3.8, 4) is 5.75 Å². The van der Waals surface area contributed by atoms with Crippen LogP contribution in [-0.2, 0) is 14.4 Å². The summed E-state index contributed by atoms with van der Waals surface area (Å²) in [6.45, 7) is -1.03. The average Bonchev–Trinajstić information content (AvgIpc) is 2.44. The lowest BCUT2D eigenvalue weighted by molar-refractivity contribution is -0.142. The number of rotatable bonds is 5. The Balaban J connectivity index is 2.07. The monoisotopic (exact) mass is 294 g/mol. The van der Waals surface area contributed by atoms with Crippen LogP contribution in [0, 0.1) is 0 Å². The van der Waals surface area contributed by atoms with E-state index in [1.165, 1.54) is 4.90 Å². The fourth-order valence-electron chi connectivity index (χ4n) is 1.94. The number of anilines is 1. The van der Waals surface area contributed by atoms with E-state index in [0.29, 0.717) is 11.4 Å². The van der Waals surface area contributed by atoms with Gasteiger partial charge < -0.3 is 25.2 Å². The maximum atomic E-state index is 11.8. The van der Waals surface area contributed by atoms with Crippen LogP contribution in [0.1, 0.15) is 0 Å². The van der Waals surface area contributed by atoms with Gasteiger partial charge in [-0.2, -0.15) is 0 Å². The SMILES string of the molecule is O=C(CN1CC(=O)Oc2ccccc21)NC(CO)C(=O)O. The van der Waals surface area contributed by atoms with Gasteiger partial charge >= 0.3 is 11.9 Å². The number of carbonyl (C=O) groups is 3. The third-order valence-corrected chi connectivity index (χ3v) is 2.90. The highest BCUT2D eigenvalue weighted by Crippen LogP contribution is 2.30. The van der Waals surface area contributed by atoms with Gasteiger partial charge in [0.05, 0.1) is 18.8 Å². The summed E-state index contributed by atoms with van der Waals surface area (Å²) in [7, 11) is 0. The predicted molar refractivity (Wildman–Crippen MR) is 70.9 cm³/mol. The predicted octanol–water partition coefficient (Wildman–Crippen LogP) is -1.03. The molecule has 1 aromatic rings. The summed E-state index contributed by atoms with van der Waals surface area (Å²) in [4.78, 5) is 35.5. The Morgan fingerprint density at radius 1 is 1.38 bits per heavy atom. The molecule has 3 N–H and O–H groups in total. The first kappa shape index (κ1) is 14.8. The molecule has 21 heavy (non-hydrogen) atoms. The third kappa shape index (κ3) is 3.48. The molecule has 0 saturated heterocycles. The molecule has 1 heterocycles. The Morgan fingerprint density at radius 3 is 2.76 bits per heavy atom. The number of carboxylic acids is 1. The summed E-state index contributed by atoms with van der Waals surface area (Å²) in [6, 6.07) is 5.35. The van der Waals surface area contributed by atoms with Gasteiger partial charge in [0.1, 0.15) is 12.6 Å². The second-order valence-electron chi connectivity index (χ2n) is 4.44. The fourth-order valence-corrected chi connectivity index (χ4v) is 1.94. The van der Waals surface area contributed by atoms with Crippen LogP contribution in [0.25, 0.3) is 0 Å². The molecule has 1 aliphatic heterocycles. The van der Waals surface area contributed by atoms with E-state index in [0.717, 1.165) is 0 Å². The molecule has 0 fully saturated rings. The number of hydrogen-bond donors (Lipinski definition) is 3. The van der Waals surface area contributed by atoms with Crippen molar-refractivity contribution in [3.63, 3.8) is 0 Å². The molecule has 2 rings (SSSR count). The van der Waals surface area contributed by atoms with Crippen molar-refractivity contribution in [2.75, 3.05) is 24.6 Å². The summed E-state index contributed by atoms with van der Waals surface area (Å²) < 4.78 is 5.04. The Bertz CT molecular complexity index is 574. The molecule has 8 nitrogen and oxygen atoms in total. The molecule has 1 atom stereocenters. The van der Waals surface area contributed by atoms with Crippen molar-refractivity contribution in [2.24, 2.45) is 0 Å². The van der Waals surface area contributed by atoms with Gasteiger partial charge in [0.2, 0.25) is 5.91 Å². The quantitative estimate of drug-likeness (QED) is 0.470. The van der Waals surface area contributed by atoms with Gasteiger partial charge in [-0.3, -0.25) is 4.79 Å². The van der Waals surface area contributed by atoms with Crippen LogP contribution < -0.4 is 15.0 Å². The van der Waals surface area contributed by atoms with E-state index in [1.807, 2.05) is 0 Å². The molecule has 0 spiro atoms. The van der Waals surface area contributed by atoms with Crippen LogP contribution in [0.3, 0.4) is 0 Å². The molecule has 112 valence electrons. The largest absolute Gasteiger partial charge is 0.480 e. The van der Waals surface area contributed by atoms with E-state index in [9.17, 15) is 14.4 Å². The topological polar surface area (TPSA) is 116 Å². The van der Waals surface area contributed by atoms with Crippen molar-refractivity contribution in [3.05, 3.63) is 24.3 Å². The van der Waals surface area contributed by atoms with Gasteiger partial charge in [0.15, 0.2) is 5.75 Å². The summed E-state index contributed by atoms with van der Waals surface area (Å²) in [5.74, 6) is -2.10. The van der Waals surface area contributed by atoms with Crippen LogP contribution >= 0.6 is 0 Å². The highest BCUT2D eigenvalue weighted by molar-refractivity contribution is 5.90. The van der Waals surface area contributed by atoms with E-state index < -0.39 is 30.5 Å². The van der Waals surface area contributed by atoms with Gasteiger partial charge in [-0.1, -0.05) is 12.1 Å². The number of carbonyl (C=O) groups excluding carboxylic acids is 2. The normalized spacial score (nSPS) is 14.9. The number of para-hydroxylation sites is 2. The minimum absolute atomic E-state index is 0.110. The molecule has 0 aromatic heterocycles. The van der Waals surface area contributed by atoms with E-state index in [4.69, 9.17) is 14.9 Å². The van der Waals surface area contributed by atoms with Crippen molar-refractivity contribution in [2.45, 2.75) is 6.04 Å².